The van der Waals surface area contributed by atoms with Crippen molar-refractivity contribution in [1.29, 1.82) is 10.5 Å². The summed E-state index contributed by atoms with van der Waals surface area (Å²) < 4.78 is 10.6. The standard InChI is InChI=1S/C18H10N4O3S/c19-8-11-15(13-4-2-6-25-13)12(9-20)18-22(16(11)21)17(23)14(26-18)7-10-3-1-5-24-10/h1-7,18H,21H2/b14-7-. The number of furan rings is 2. The van der Waals surface area contributed by atoms with Gasteiger partial charge in [0.2, 0.25) is 0 Å². The van der Waals surface area contributed by atoms with Gasteiger partial charge in [-0.15, -0.1) is 0 Å². The summed E-state index contributed by atoms with van der Waals surface area (Å²) in [6.07, 6.45) is 4.54. The highest BCUT2D eigenvalue weighted by atomic mass is 32.2. The molecule has 0 radical (unpaired) electrons. The molecule has 1 amide bonds. The lowest BCUT2D eigenvalue weighted by atomic mass is 9.94. The van der Waals surface area contributed by atoms with E-state index in [9.17, 15) is 15.3 Å². The number of nitrogens with two attached hydrogens (primary N) is 1. The number of rotatable bonds is 2. The molecule has 4 heterocycles. The Morgan fingerprint density at radius 2 is 1.96 bits per heavy atom. The first-order valence-electron chi connectivity index (χ1n) is 7.49. The molecule has 26 heavy (non-hydrogen) atoms. The average Bonchev–Trinajstić information content (AvgIpc) is 3.38. The quantitative estimate of drug-likeness (QED) is 0.815. The zero-order valence-electron chi connectivity index (χ0n) is 13.2. The van der Waals surface area contributed by atoms with Gasteiger partial charge < -0.3 is 14.6 Å². The van der Waals surface area contributed by atoms with E-state index in [1.165, 1.54) is 29.2 Å². The van der Waals surface area contributed by atoms with E-state index in [1.807, 2.05) is 6.07 Å². The molecule has 2 aromatic heterocycles. The van der Waals surface area contributed by atoms with Gasteiger partial charge in [-0.2, -0.15) is 10.5 Å². The minimum Gasteiger partial charge on any atom is -0.465 e. The number of nitriles is 2. The van der Waals surface area contributed by atoms with Crippen LogP contribution < -0.4 is 5.73 Å². The molecule has 0 aromatic carbocycles. The molecule has 8 heteroatoms. The van der Waals surface area contributed by atoms with Gasteiger partial charge in [0, 0.05) is 0 Å². The number of carbonyl (C=O) groups excluding carboxylic acids is 1. The van der Waals surface area contributed by atoms with Gasteiger partial charge >= 0.3 is 0 Å². The van der Waals surface area contributed by atoms with Gasteiger partial charge in [0.05, 0.1) is 34.6 Å². The zero-order chi connectivity index (χ0) is 18.3. The molecule has 0 aliphatic carbocycles. The molecule has 1 fully saturated rings. The maximum atomic E-state index is 12.8. The summed E-state index contributed by atoms with van der Waals surface area (Å²) >= 11 is 1.18. The molecule has 2 aliphatic rings. The Kier molecular flexibility index (Phi) is 3.68. The molecule has 2 aliphatic heterocycles. The van der Waals surface area contributed by atoms with Gasteiger partial charge in [0.25, 0.3) is 5.91 Å². The molecule has 7 nitrogen and oxygen atoms in total. The maximum Gasteiger partial charge on any atom is 0.267 e. The summed E-state index contributed by atoms with van der Waals surface area (Å²) in [7, 11) is 0. The second-order valence-electron chi connectivity index (χ2n) is 5.42. The molecular formula is C18H10N4O3S. The second-order valence-corrected chi connectivity index (χ2v) is 6.54. The van der Waals surface area contributed by atoms with Crippen LogP contribution in [0.15, 0.2) is 67.5 Å². The van der Waals surface area contributed by atoms with E-state index >= 15 is 0 Å². The van der Waals surface area contributed by atoms with E-state index in [-0.39, 0.29) is 22.9 Å². The highest BCUT2D eigenvalue weighted by Gasteiger charge is 2.46. The summed E-state index contributed by atoms with van der Waals surface area (Å²) in [5.41, 5.74) is 6.73. The van der Waals surface area contributed by atoms with Crippen molar-refractivity contribution in [3.63, 3.8) is 0 Å². The first-order chi connectivity index (χ1) is 12.7. The topological polar surface area (TPSA) is 120 Å². The minimum atomic E-state index is -0.661. The Balaban J connectivity index is 1.89. The van der Waals surface area contributed by atoms with E-state index in [2.05, 4.69) is 6.07 Å². The molecule has 1 unspecified atom stereocenters. The van der Waals surface area contributed by atoms with Gasteiger partial charge in [-0.25, -0.2) is 0 Å². The highest BCUT2D eigenvalue weighted by molar-refractivity contribution is 8.05. The number of thioether (sulfide) groups is 1. The fourth-order valence-electron chi connectivity index (χ4n) is 2.88. The van der Waals surface area contributed by atoms with Crippen molar-refractivity contribution >= 4 is 29.3 Å². The van der Waals surface area contributed by atoms with Gasteiger partial charge in [0.15, 0.2) is 0 Å². The SMILES string of the molecule is N#CC1=C(N)N2C(=O)/C(=C/c3ccco3)SC2C(C#N)=C1c1ccco1. The van der Waals surface area contributed by atoms with Crippen molar-refractivity contribution in [3.8, 4) is 12.1 Å². The van der Waals surface area contributed by atoms with Crippen molar-refractivity contribution in [3.05, 3.63) is 70.2 Å². The van der Waals surface area contributed by atoms with E-state index in [0.717, 1.165) is 0 Å². The molecule has 0 bridgehead atoms. The van der Waals surface area contributed by atoms with Crippen molar-refractivity contribution in [2.24, 2.45) is 5.73 Å². The third kappa shape index (κ3) is 2.25. The van der Waals surface area contributed by atoms with Crippen molar-refractivity contribution in [2.75, 3.05) is 0 Å². The Labute approximate surface area is 152 Å². The Hall–Kier alpha value is -3.62. The van der Waals surface area contributed by atoms with Crippen LogP contribution in [-0.4, -0.2) is 16.2 Å². The Bertz CT molecular complexity index is 1060. The number of fused-ring (bicyclic) bond motifs is 1. The lowest BCUT2D eigenvalue weighted by Gasteiger charge is -2.29. The van der Waals surface area contributed by atoms with Crippen LogP contribution in [0.3, 0.4) is 0 Å². The van der Waals surface area contributed by atoms with Crippen LogP contribution in [0.4, 0.5) is 0 Å². The molecule has 1 atom stereocenters. The lowest BCUT2D eigenvalue weighted by Crippen LogP contribution is -2.40. The molecule has 4 rings (SSSR count). The Morgan fingerprint density at radius 3 is 2.58 bits per heavy atom. The highest BCUT2D eigenvalue weighted by Crippen LogP contribution is 2.48. The van der Waals surface area contributed by atoms with Gasteiger partial charge in [0.1, 0.15) is 34.4 Å². The fraction of sp³-hybridized carbons (Fsp3) is 0.0556. The van der Waals surface area contributed by atoms with Crippen LogP contribution in [-0.2, 0) is 4.79 Å². The first kappa shape index (κ1) is 15.9. The third-order valence-electron chi connectivity index (χ3n) is 4.00. The Morgan fingerprint density at radius 1 is 1.19 bits per heavy atom. The molecule has 1 saturated heterocycles. The summed E-state index contributed by atoms with van der Waals surface area (Å²) in [6, 6.07) is 10.8. The zero-order valence-corrected chi connectivity index (χ0v) is 14.0. The third-order valence-corrected chi connectivity index (χ3v) is 5.22. The summed E-state index contributed by atoms with van der Waals surface area (Å²) in [5, 5.41) is 18.6. The van der Waals surface area contributed by atoms with Crippen molar-refractivity contribution in [2.45, 2.75) is 5.37 Å². The smallest absolute Gasteiger partial charge is 0.267 e. The van der Waals surface area contributed by atoms with Crippen molar-refractivity contribution < 1.29 is 13.6 Å². The van der Waals surface area contributed by atoms with Crippen LogP contribution in [0, 0.1) is 22.7 Å². The van der Waals surface area contributed by atoms with Gasteiger partial charge in [-0.3, -0.25) is 9.69 Å². The normalized spacial score (nSPS) is 21.2. The predicted octanol–water partition coefficient (Wildman–Crippen LogP) is 2.80. The summed E-state index contributed by atoms with van der Waals surface area (Å²) in [6.45, 7) is 0. The molecule has 2 aromatic rings. The number of hydrogen-bond donors (Lipinski definition) is 1. The van der Waals surface area contributed by atoms with Crippen molar-refractivity contribution in [1.82, 2.24) is 4.90 Å². The molecular weight excluding hydrogens is 352 g/mol. The molecule has 126 valence electrons. The summed E-state index contributed by atoms with van der Waals surface area (Å²) in [5.74, 6) is 0.492. The van der Waals surface area contributed by atoms with Gasteiger partial charge in [-0.05, 0) is 30.3 Å². The van der Waals surface area contributed by atoms with Crippen LogP contribution in [0.1, 0.15) is 11.5 Å². The second kappa shape index (κ2) is 6.03. The number of allylic oxidation sites excluding steroid dienone is 2. The number of carbonyl (C=O) groups is 1. The van der Waals surface area contributed by atoms with E-state index in [4.69, 9.17) is 14.6 Å². The minimum absolute atomic E-state index is 0.00300. The monoisotopic (exact) mass is 362 g/mol. The number of amides is 1. The van der Waals surface area contributed by atoms with Crippen LogP contribution in [0.2, 0.25) is 0 Å². The number of nitrogens with zero attached hydrogens (tertiary/aromatic N) is 3. The predicted molar refractivity (Wildman–Crippen MR) is 93.0 cm³/mol. The number of hydrogen-bond acceptors (Lipinski definition) is 7. The first-order valence-corrected chi connectivity index (χ1v) is 8.37. The van der Waals surface area contributed by atoms with Crippen LogP contribution in [0.25, 0.3) is 11.6 Å². The van der Waals surface area contributed by atoms with Gasteiger partial charge in [-0.1, -0.05) is 11.8 Å². The maximum absolute atomic E-state index is 12.8. The molecule has 2 N–H and O–H groups in total. The lowest BCUT2D eigenvalue weighted by molar-refractivity contribution is -0.124. The van der Waals surface area contributed by atoms with Crippen LogP contribution >= 0.6 is 11.8 Å². The molecule has 0 spiro atoms. The van der Waals surface area contributed by atoms with E-state index in [0.29, 0.717) is 22.0 Å². The summed E-state index contributed by atoms with van der Waals surface area (Å²) in [4.78, 5) is 14.4. The van der Waals surface area contributed by atoms with E-state index in [1.54, 1.807) is 30.3 Å². The largest absolute Gasteiger partial charge is 0.465 e. The average molecular weight is 362 g/mol. The van der Waals surface area contributed by atoms with E-state index < -0.39 is 5.37 Å². The molecule has 0 saturated carbocycles. The fourth-order valence-corrected chi connectivity index (χ4v) is 4.11. The van der Waals surface area contributed by atoms with Crippen LogP contribution in [0.5, 0.6) is 0 Å².